The zero-order chi connectivity index (χ0) is 22.3. The van der Waals surface area contributed by atoms with Crippen molar-refractivity contribution in [2.75, 3.05) is 41.1 Å². The average molecular weight is 443 g/mol. The molecule has 0 radical (unpaired) electrons. The second kappa shape index (κ2) is 8.15. The number of nitrogens with zero attached hydrogens (tertiary/aromatic N) is 4. The van der Waals surface area contributed by atoms with Gasteiger partial charge in [-0.25, -0.2) is 13.4 Å². The van der Waals surface area contributed by atoms with Crippen molar-refractivity contribution in [2.24, 2.45) is 0 Å². The van der Waals surface area contributed by atoms with Crippen LogP contribution in [0.3, 0.4) is 0 Å². The van der Waals surface area contributed by atoms with E-state index in [0.717, 1.165) is 30.2 Å². The number of rotatable bonds is 3. The maximum Gasteiger partial charge on any atom is 0.253 e. The number of piperazine rings is 1. The lowest BCUT2D eigenvalue weighted by atomic mass is 10.1. The summed E-state index contributed by atoms with van der Waals surface area (Å²) >= 11 is 0. The van der Waals surface area contributed by atoms with E-state index in [1.807, 2.05) is 18.7 Å². The summed E-state index contributed by atoms with van der Waals surface area (Å²) in [6, 6.07) is 9.07. The van der Waals surface area contributed by atoms with E-state index in [4.69, 9.17) is 4.98 Å². The summed E-state index contributed by atoms with van der Waals surface area (Å²) in [6.45, 7) is 10.8. The third-order valence-electron chi connectivity index (χ3n) is 6.36. The summed E-state index contributed by atoms with van der Waals surface area (Å²) < 4.78 is 26.1. The van der Waals surface area contributed by atoms with Gasteiger partial charge in [-0.3, -0.25) is 9.10 Å². The lowest BCUT2D eigenvalue weighted by Gasteiger charge is -2.36. The van der Waals surface area contributed by atoms with Crippen LogP contribution in [0.2, 0.25) is 0 Å². The number of anilines is 2. The zero-order valence-corrected chi connectivity index (χ0v) is 19.4. The quantitative estimate of drug-likeness (QED) is 0.731. The molecule has 7 nitrogen and oxygen atoms in total. The molecule has 2 saturated heterocycles. The molecule has 1 aromatic carbocycles. The second-order valence-electron chi connectivity index (χ2n) is 8.61. The fourth-order valence-corrected chi connectivity index (χ4v) is 6.36. The lowest BCUT2D eigenvalue weighted by molar-refractivity contribution is 0.0746. The predicted octanol–water partition coefficient (Wildman–Crippen LogP) is 2.90. The average Bonchev–Trinajstić information content (AvgIpc) is 3.03. The van der Waals surface area contributed by atoms with E-state index in [9.17, 15) is 13.2 Å². The van der Waals surface area contributed by atoms with Crippen LogP contribution in [0, 0.1) is 20.8 Å². The van der Waals surface area contributed by atoms with Gasteiger partial charge in [0.05, 0.1) is 11.4 Å². The Morgan fingerprint density at radius 3 is 2.23 bits per heavy atom. The number of aromatic nitrogens is 1. The lowest BCUT2D eigenvalue weighted by Crippen LogP contribution is -2.49. The largest absolute Gasteiger partial charge is 0.353 e. The normalized spacial score (nSPS) is 20.9. The van der Waals surface area contributed by atoms with Crippen molar-refractivity contribution in [3.63, 3.8) is 0 Å². The fourth-order valence-electron chi connectivity index (χ4n) is 4.43. The Bertz CT molecular complexity index is 1090. The maximum absolute atomic E-state index is 13.0. The summed E-state index contributed by atoms with van der Waals surface area (Å²) in [5, 5.41) is 0. The van der Waals surface area contributed by atoms with E-state index in [1.165, 1.54) is 9.87 Å². The van der Waals surface area contributed by atoms with Gasteiger partial charge in [-0.1, -0.05) is 6.07 Å². The molecular formula is C23H30N4O3S. The van der Waals surface area contributed by atoms with Crippen LogP contribution in [0.25, 0.3) is 0 Å². The summed E-state index contributed by atoms with van der Waals surface area (Å²) in [7, 11) is -3.26. The molecule has 166 valence electrons. The summed E-state index contributed by atoms with van der Waals surface area (Å²) in [6.07, 6.45) is 0.627. The molecule has 1 atom stereocenters. The first-order valence-electron chi connectivity index (χ1n) is 10.8. The van der Waals surface area contributed by atoms with Crippen LogP contribution in [0.4, 0.5) is 11.5 Å². The number of carbonyl (C=O) groups excluding carboxylic acids is 1. The summed E-state index contributed by atoms with van der Waals surface area (Å²) in [4.78, 5) is 21.9. The molecule has 0 N–H and O–H groups in total. The monoisotopic (exact) mass is 442 g/mol. The number of pyridine rings is 1. The fraction of sp³-hybridized carbons (Fsp3) is 0.478. The van der Waals surface area contributed by atoms with Crippen molar-refractivity contribution in [2.45, 2.75) is 40.2 Å². The Hall–Kier alpha value is -2.61. The Balaban J connectivity index is 1.43. The van der Waals surface area contributed by atoms with Crippen LogP contribution >= 0.6 is 0 Å². The van der Waals surface area contributed by atoms with Crippen LogP contribution in [0.15, 0.2) is 30.3 Å². The predicted molar refractivity (Wildman–Crippen MR) is 123 cm³/mol. The van der Waals surface area contributed by atoms with E-state index in [2.05, 4.69) is 24.8 Å². The van der Waals surface area contributed by atoms with Crippen molar-refractivity contribution in [1.82, 2.24) is 9.88 Å². The topological polar surface area (TPSA) is 73.8 Å². The highest BCUT2D eigenvalue weighted by molar-refractivity contribution is 7.93. The number of sulfonamides is 1. The van der Waals surface area contributed by atoms with E-state index in [0.29, 0.717) is 30.8 Å². The van der Waals surface area contributed by atoms with Gasteiger partial charge >= 0.3 is 0 Å². The molecule has 0 spiro atoms. The van der Waals surface area contributed by atoms with Gasteiger partial charge in [-0.2, -0.15) is 0 Å². The van der Waals surface area contributed by atoms with Gasteiger partial charge in [0.15, 0.2) is 0 Å². The summed E-state index contributed by atoms with van der Waals surface area (Å²) in [5.74, 6) is 1.15. The molecule has 4 rings (SSSR count). The van der Waals surface area contributed by atoms with Crippen LogP contribution < -0.4 is 9.21 Å². The van der Waals surface area contributed by atoms with Crippen molar-refractivity contribution >= 4 is 27.4 Å². The number of aryl methyl sites for hydroxylation is 3. The van der Waals surface area contributed by atoms with E-state index < -0.39 is 10.0 Å². The highest BCUT2D eigenvalue weighted by Crippen LogP contribution is 2.29. The highest BCUT2D eigenvalue weighted by atomic mass is 32.2. The molecule has 0 unspecified atom stereocenters. The van der Waals surface area contributed by atoms with Gasteiger partial charge in [0.1, 0.15) is 5.82 Å². The van der Waals surface area contributed by atoms with E-state index in [-0.39, 0.29) is 17.7 Å². The molecule has 1 amide bonds. The molecule has 31 heavy (non-hydrogen) atoms. The van der Waals surface area contributed by atoms with Gasteiger partial charge in [-0.15, -0.1) is 0 Å². The Kier molecular flexibility index (Phi) is 5.68. The van der Waals surface area contributed by atoms with Crippen molar-refractivity contribution in [3.05, 3.63) is 52.7 Å². The van der Waals surface area contributed by atoms with Crippen LogP contribution in [-0.4, -0.2) is 62.2 Å². The van der Waals surface area contributed by atoms with Crippen molar-refractivity contribution < 1.29 is 13.2 Å². The minimum absolute atomic E-state index is 0.0201. The third-order valence-corrected chi connectivity index (χ3v) is 8.28. The Labute approximate surface area is 184 Å². The van der Waals surface area contributed by atoms with Gasteiger partial charge in [0.25, 0.3) is 5.91 Å². The first-order chi connectivity index (χ1) is 14.7. The molecule has 8 heteroatoms. The minimum Gasteiger partial charge on any atom is -0.353 e. The Morgan fingerprint density at radius 2 is 1.65 bits per heavy atom. The molecular weight excluding hydrogens is 412 g/mol. The van der Waals surface area contributed by atoms with Crippen LogP contribution in [0.1, 0.15) is 40.5 Å². The number of carbonyl (C=O) groups is 1. The zero-order valence-electron chi connectivity index (χ0n) is 18.6. The highest BCUT2D eigenvalue weighted by Gasteiger charge is 2.34. The standard InChI is InChI=1S/C23H30N4O3S/c1-16-15-17(2)22(24-19(16)4)25-10-12-26(13-11-25)23(28)20-5-7-21(8-6-20)27-18(3)9-14-31(27,29)30/h5-8,15,18H,9-14H2,1-4H3/t18-/m1/s1. The molecule has 1 aromatic heterocycles. The molecule has 3 heterocycles. The van der Waals surface area contributed by atoms with E-state index in [1.54, 1.807) is 24.3 Å². The maximum atomic E-state index is 13.0. The Morgan fingerprint density at radius 1 is 1.00 bits per heavy atom. The van der Waals surface area contributed by atoms with Crippen molar-refractivity contribution in [3.8, 4) is 0 Å². The number of hydrogen-bond acceptors (Lipinski definition) is 5. The minimum atomic E-state index is -3.26. The second-order valence-corrected chi connectivity index (χ2v) is 10.6. The smallest absolute Gasteiger partial charge is 0.253 e. The third kappa shape index (κ3) is 4.13. The number of hydrogen-bond donors (Lipinski definition) is 0. The molecule has 2 aliphatic rings. The molecule has 0 saturated carbocycles. The number of amides is 1. The van der Waals surface area contributed by atoms with Crippen LogP contribution in [-0.2, 0) is 10.0 Å². The molecule has 0 aliphatic carbocycles. The SMILES string of the molecule is Cc1cc(C)c(N2CCN(C(=O)c3ccc(N4[C@H](C)CCS4(=O)=O)cc3)CC2)nc1C. The molecule has 2 fully saturated rings. The van der Waals surface area contributed by atoms with Gasteiger partial charge in [-0.05, 0) is 69.5 Å². The van der Waals surface area contributed by atoms with E-state index >= 15 is 0 Å². The van der Waals surface area contributed by atoms with Crippen molar-refractivity contribution in [1.29, 1.82) is 0 Å². The van der Waals surface area contributed by atoms with Gasteiger partial charge < -0.3 is 9.80 Å². The molecule has 2 aliphatic heterocycles. The first-order valence-corrected chi connectivity index (χ1v) is 12.4. The van der Waals surface area contributed by atoms with Gasteiger partial charge in [0.2, 0.25) is 10.0 Å². The summed E-state index contributed by atoms with van der Waals surface area (Å²) in [5.41, 5.74) is 4.59. The van der Waals surface area contributed by atoms with Crippen LogP contribution in [0.5, 0.6) is 0 Å². The molecule has 0 bridgehead atoms. The molecule has 2 aromatic rings. The van der Waals surface area contributed by atoms with Gasteiger partial charge in [0, 0.05) is 43.5 Å². The first kappa shape index (κ1) is 21.6. The number of benzene rings is 1.